The maximum atomic E-state index is 12.3. The van der Waals surface area contributed by atoms with Gasteiger partial charge < -0.3 is 10.1 Å². The van der Waals surface area contributed by atoms with Crippen LogP contribution in [0.25, 0.3) is 17.2 Å². The molecule has 4 heteroatoms. The summed E-state index contributed by atoms with van der Waals surface area (Å²) >= 11 is 0. The van der Waals surface area contributed by atoms with E-state index in [2.05, 4.69) is 5.32 Å². The summed E-state index contributed by atoms with van der Waals surface area (Å²) in [6, 6.07) is 26.7. The van der Waals surface area contributed by atoms with Crippen LogP contribution in [0.4, 0.5) is 5.69 Å². The van der Waals surface area contributed by atoms with Gasteiger partial charge in [0.05, 0.1) is 0 Å². The normalized spacial score (nSPS) is 10.3. The Morgan fingerprint density at radius 1 is 0.963 bits per heavy atom. The Labute approximate surface area is 158 Å². The third-order valence-electron chi connectivity index (χ3n) is 3.88. The van der Waals surface area contributed by atoms with Gasteiger partial charge >= 0.3 is 0 Å². The predicted molar refractivity (Wildman–Crippen MR) is 107 cm³/mol. The molecular formula is C23H18N2O2. The fraction of sp³-hybridized carbons (Fsp3) is 0.0435. The molecule has 3 aromatic rings. The minimum Gasteiger partial charge on any atom is -0.479 e. The molecule has 0 radical (unpaired) electrons. The van der Waals surface area contributed by atoms with Crippen molar-refractivity contribution in [2.24, 2.45) is 0 Å². The van der Waals surface area contributed by atoms with Gasteiger partial charge in [-0.3, -0.25) is 4.79 Å². The molecule has 4 nitrogen and oxygen atoms in total. The molecule has 27 heavy (non-hydrogen) atoms. The van der Waals surface area contributed by atoms with Gasteiger partial charge in [-0.1, -0.05) is 60.7 Å². The van der Waals surface area contributed by atoms with Gasteiger partial charge in [-0.05, 0) is 35.4 Å². The Balaban J connectivity index is 1.68. The maximum absolute atomic E-state index is 12.3. The van der Waals surface area contributed by atoms with E-state index in [0.29, 0.717) is 5.75 Å². The molecule has 0 saturated heterocycles. The first-order valence-electron chi connectivity index (χ1n) is 8.49. The van der Waals surface area contributed by atoms with Crippen LogP contribution in [0.5, 0.6) is 5.75 Å². The number of rotatable bonds is 6. The number of carbonyl (C=O) groups excluding carboxylic acids is 1. The van der Waals surface area contributed by atoms with E-state index in [-0.39, 0.29) is 12.5 Å². The molecule has 0 aliphatic heterocycles. The van der Waals surface area contributed by atoms with Gasteiger partial charge in [0.15, 0.2) is 6.61 Å². The molecule has 1 N–H and O–H groups in total. The molecule has 0 aliphatic rings. The van der Waals surface area contributed by atoms with E-state index in [0.717, 1.165) is 22.4 Å². The highest BCUT2D eigenvalue weighted by Gasteiger charge is 2.06. The Hall–Kier alpha value is -3.84. The summed E-state index contributed by atoms with van der Waals surface area (Å²) in [5.74, 6) is 0.415. The summed E-state index contributed by atoms with van der Waals surface area (Å²) in [5.41, 5.74) is 3.65. The Kier molecular flexibility index (Phi) is 6.00. The van der Waals surface area contributed by atoms with E-state index in [1.807, 2.05) is 72.8 Å². The summed E-state index contributed by atoms with van der Waals surface area (Å²) in [6.45, 7) is 0.0123. The molecule has 0 aliphatic carbocycles. The molecule has 0 aromatic heterocycles. The van der Waals surface area contributed by atoms with Crippen LogP contribution in [-0.2, 0) is 4.79 Å². The molecule has 0 fully saturated rings. The number of nitriles is 1. The molecule has 0 bridgehead atoms. The van der Waals surface area contributed by atoms with Crippen LogP contribution in [0.3, 0.4) is 0 Å². The molecule has 0 saturated carbocycles. The monoisotopic (exact) mass is 354 g/mol. The van der Waals surface area contributed by atoms with Crippen LogP contribution in [0.15, 0.2) is 84.9 Å². The lowest BCUT2D eigenvalue weighted by Gasteiger charge is -2.10. The second kappa shape index (κ2) is 9.02. The number of ether oxygens (including phenoxy) is 1. The number of amides is 1. The highest BCUT2D eigenvalue weighted by Crippen LogP contribution is 2.27. The largest absolute Gasteiger partial charge is 0.479 e. The van der Waals surface area contributed by atoms with Crippen molar-refractivity contribution in [3.8, 4) is 22.9 Å². The molecule has 3 aromatic carbocycles. The van der Waals surface area contributed by atoms with Crippen molar-refractivity contribution in [3.05, 3.63) is 90.5 Å². The van der Waals surface area contributed by atoms with E-state index < -0.39 is 0 Å². The number of nitrogens with one attached hydrogen (secondary N) is 1. The summed E-state index contributed by atoms with van der Waals surface area (Å²) < 4.78 is 5.21. The van der Waals surface area contributed by atoms with E-state index in [1.54, 1.807) is 18.2 Å². The van der Waals surface area contributed by atoms with E-state index in [4.69, 9.17) is 10.00 Å². The second-order valence-corrected chi connectivity index (χ2v) is 5.75. The van der Waals surface area contributed by atoms with Crippen molar-refractivity contribution in [1.82, 2.24) is 0 Å². The summed E-state index contributed by atoms with van der Waals surface area (Å²) in [5, 5.41) is 11.4. The lowest BCUT2D eigenvalue weighted by Crippen LogP contribution is -2.08. The molecule has 0 spiro atoms. The van der Waals surface area contributed by atoms with Crippen molar-refractivity contribution < 1.29 is 9.53 Å². The fourth-order valence-electron chi connectivity index (χ4n) is 2.60. The molecule has 0 unspecified atom stereocenters. The van der Waals surface area contributed by atoms with Gasteiger partial charge in [0, 0.05) is 17.3 Å². The smallest absolute Gasteiger partial charge is 0.248 e. The second-order valence-electron chi connectivity index (χ2n) is 5.75. The number of nitrogens with zero attached hydrogens (tertiary/aromatic N) is 1. The lowest BCUT2D eigenvalue weighted by atomic mass is 10.0. The Bertz CT molecular complexity index is 971. The fourth-order valence-corrected chi connectivity index (χ4v) is 2.60. The zero-order valence-corrected chi connectivity index (χ0v) is 14.6. The molecule has 132 valence electrons. The number of para-hydroxylation sites is 1. The third kappa shape index (κ3) is 5.07. The average molecular weight is 354 g/mol. The Morgan fingerprint density at radius 2 is 1.67 bits per heavy atom. The lowest BCUT2D eigenvalue weighted by molar-refractivity contribution is -0.111. The zero-order valence-electron chi connectivity index (χ0n) is 14.6. The molecule has 0 heterocycles. The average Bonchev–Trinajstić information content (AvgIpc) is 2.72. The molecular weight excluding hydrogens is 336 g/mol. The first-order valence-corrected chi connectivity index (χ1v) is 8.49. The van der Waals surface area contributed by atoms with Gasteiger partial charge in [0.25, 0.3) is 0 Å². The van der Waals surface area contributed by atoms with Crippen molar-refractivity contribution in [2.75, 3.05) is 11.9 Å². The third-order valence-corrected chi connectivity index (χ3v) is 3.88. The van der Waals surface area contributed by atoms with Gasteiger partial charge in [0.2, 0.25) is 5.91 Å². The van der Waals surface area contributed by atoms with Crippen LogP contribution < -0.4 is 10.1 Å². The van der Waals surface area contributed by atoms with Crippen molar-refractivity contribution in [3.63, 3.8) is 0 Å². The predicted octanol–water partition coefficient (Wildman–Crippen LogP) is 4.91. The van der Waals surface area contributed by atoms with E-state index in [1.165, 1.54) is 6.08 Å². The maximum Gasteiger partial charge on any atom is 0.248 e. The van der Waals surface area contributed by atoms with Crippen LogP contribution in [0.1, 0.15) is 5.56 Å². The Morgan fingerprint density at radius 3 is 2.41 bits per heavy atom. The number of carbonyl (C=O) groups is 1. The quantitative estimate of drug-likeness (QED) is 0.640. The van der Waals surface area contributed by atoms with E-state index >= 15 is 0 Å². The first-order chi connectivity index (χ1) is 13.3. The number of hydrogen-bond acceptors (Lipinski definition) is 3. The van der Waals surface area contributed by atoms with Crippen LogP contribution >= 0.6 is 0 Å². The zero-order chi connectivity index (χ0) is 18.9. The summed E-state index contributed by atoms with van der Waals surface area (Å²) in [7, 11) is 0. The van der Waals surface area contributed by atoms with E-state index in [9.17, 15) is 4.79 Å². The van der Waals surface area contributed by atoms with Gasteiger partial charge in [-0.2, -0.15) is 5.26 Å². The summed E-state index contributed by atoms with van der Waals surface area (Å²) in [6.07, 6.45) is 3.22. The minimum atomic E-state index is -0.205. The minimum absolute atomic E-state index is 0.0123. The summed E-state index contributed by atoms with van der Waals surface area (Å²) in [4.78, 5) is 12.3. The van der Waals surface area contributed by atoms with Crippen molar-refractivity contribution in [1.29, 1.82) is 5.26 Å². The SMILES string of the molecule is N#CCOc1ccc(/C=C/C(=O)Nc2ccccc2-c2ccccc2)cc1. The van der Waals surface area contributed by atoms with Gasteiger partial charge in [-0.15, -0.1) is 0 Å². The van der Waals surface area contributed by atoms with Crippen molar-refractivity contribution in [2.45, 2.75) is 0 Å². The van der Waals surface area contributed by atoms with Crippen LogP contribution in [0.2, 0.25) is 0 Å². The number of anilines is 1. The first kappa shape index (κ1) is 18.0. The highest BCUT2D eigenvalue weighted by atomic mass is 16.5. The molecule has 0 atom stereocenters. The van der Waals surface area contributed by atoms with Crippen LogP contribution in [-0.4, -0.2) is 12.5 Å². The van der Waals surface area contributed by atoms with Gasteiger partial charge in [0.1, 0.15) is 11.8 Å². The highest BCUT2D eigenvalue weighted by molar-refractivity contribution is 6.04. The standard InChI is InChI=1S/C23H18N2O2/c24-16-17-27-20-13-10-18(11-14-20)12-15-23(26)25-22-9-5-4-8-21(22)19-6-2-1-3-7-19/h1-15H,17H2,(H,25,26)/b15-12+. The van der Waals surface area contributed by atoms with Crippen molar-refractivity contribution >= 4 is 17.7 Å². The number of hydrogen-bond donors (Lipinski definition) is 1. The van der Waals surface area contributed by atoms with Crippen LogP contribution in [0, 0.1) is 11.3 Å². The molecule has 3 rings (SSSR count). The number of benzene rings is 3. The van der Waals surface area contributed by atoms with Gasteiger partial charge in [-0.25, -0.2) is 0 Å². The topological polar surface area (TPSA) is 62.1 Å². The molecule has 1 amide bonds.